The summed E-state index contributed by atoms with van der Waals surface area (Å²) in [5.74, 6) is 0.207. The zero-order chi connectivity index (χ0) is 18.3. The van der Waals surface area contributed by atoms with E-state index in [9.17, 15) is 18.0 Å². The Hall–Kier alpha value is -3.03. The normalized spacial score (nSPS) is 11.4. The Morgan fingerprint density at radius 2 is 1.96 bits per heavy atom. The maximum Gasteiger partial charge on any atom is 0.416 e. The number of hydrazone groups is 1. The summed E-state index contributed by atoms with van der Waals surface area (Å²) < 4.78 is 42.9. The van der Waals surface area contributed by atoms with E-state index in [2.05, 4.69) is 15.8 Å². The average Bonchev–Trinajstić information content (AvgIpc) is 2.60. The van der Waals surface area contributed by atoms with Crippen LogP contribution in [0.3, 0.4) is 0 Å². The molecule has 5 nitrogen and oxygen atoms in total. The van der Waals surface area contributed by atoms with Gasteiger partial charge in [0.2, 0.25) is 0 Å². The zero-order valence-corrected chi connectivity index (χ0v) is 13.3. The second-order valence-corrected chi connectivity index (χ2v) is 5.00. The van der Waals surface area contributed by atoms with Crippen molar-refractivity contribution in [2.24, 2.45) is 5.10 Å². The van der Waals surface area contributed by atoms with Crippen molar-refractivity contribution < 1.29 is 22.7 Å². The van der Waals surface area contributed by atoms with E-state index in [0.717, 1.165) is 18.3 Å². The van der Waals surface area contributed by atoms with Gasteiger partial charge in [0.15, 0.2) is 0 Å². The summed E-state index contributed by atoms with van der Waals surface area (Å²) in [4.78, 5) is 11.7. The van der Waals surface area contributed by atoms with E-state index < -0.39 is 17.6 Å². The summed E-state index contributed by atoms with van der Waals surface area (Å²) in [6.45, 7) is -0.0485. The lowest BCUT2D eigenvalue weighted by Gasteiger charge is -2.07. The maximum atomic E-state index is 12.6. The van der Waals surface area contributed by atoms with Crippen LogP contribution in [0, 0.1) is 0 Å². The molecule has 0 aliphatic carbocycles. The molecular formula is C17H16F3N3O2. The van der Waals surface area contributed by atoms with Crippen LogP contribution in [0.1, 0.15) is 11.1 Å². The van der Waals surface area contributed by atoms with Gasteiger partial charge in [-0.3, -0.25) is 4.79 Å². The number of rotatable bonds is 6. The molecule has 0 fully saturated rings. The molecule has 132 valence electrons. The van der Waals surface area contributed by atoms with Crippen LogP contribution >= 0.6 is 0 Å². The fourth-order valence-electron chi connectivity index (χ4n) is 1.93. The first-order chi connectivity index (χ1) is 11.9. The molecule has 0 bridgehead atoms. The number of anilines is 1. The summed E-state index contributed by atoms with van der Waals surface area (Å²) in [5, 5.41) is 6.54. The number of alkyl halides is 3. The number of amides is 1. The molecule has 0 aromatic heterocycles. The van der Waals surface area contributed by atoms with Crippen LogP contribution in [0.25, 0.3) is 0 Å². The lowest BCUT2D eigenvalue weighted by molar-refractivity contribution is -0.137. The third-order valence-electron chi connectivity index (χ3n) is 3.14. The first-order valence-corrected chi connectivity index (χ1v) is 7.25. The van der Waals surface area contributed by atoms with E-state index in [-0.39, 0.29) is 12.1 Å². The number of benzene rings is 2. The molecular weight excluding hydrogens is 335 g/mol. The van der Waals surface area contributed by atoms with E-state index in [1.54, 1.807) is 24.3 Å². The molecule has 0 aliphatic heterocycles. The number of carbonyl (C=O) groups excluding carboxylic acids is 1. The standard InChI is InChI=1S/C17H16F3N3O2/c1-25-15-7-3-6-14(9-15)21-11-16(24)23-22-10-12-4-2-5-13(8-12)17(18,19)20/h2-10,21H,11H2,1H3,(H,23,24)/b22-10-. The molecule has 0 spiro atoms. The van der Waals surface area contributed by atoms with Gasteiger partial charge in [-0.1, -0.05) is 18.2 Å². The van der Waals surface area contributed by atoms with Gasteiger partial charge in [-0.2, -0.15) is 18.3 Å². The maximum absolute atomic E-state index is 12.6. The van der Waals surface area contributed by atoms with Crippen molar-refractivity contribution in [2.75, 3.05) is 19.0 Å². The van der Waals surface area contributed by atoms with Gasteiger partial charge in [0, 0.05) is 11.8 Å². The second kappa shape index (κ2) is 8.18. The van der Waals surface area contributed by atoms with E-state index in [1.807, 2.05) is 0 Å². The number of ether oxygens (including phenoxy) is 1. The first kappa shape index (κ1) is 18.3. The number of nitrogens with zero attached hydrogens (tertiary/aromatic N) is 1. The Labute approximate surface area is 142 Å². The smallest absolute Gasteiger partial charge is 0.416 e. The lowest BCUT2D eigenvalue weighted by Crippen LogP contribution is -2.25. The molecule has 2 rings (SSSR count). The largest absolute Gasteiger partial charge is 0.497 e. The van der Waals surface area contributed by atoms with Crippen molar-refractivity contribution in [3.05, 3.63) is 59.7 Å². The van der Waals surface area contributed by atoms with Crippen LogP contribution < -0.4 is 15.5 Å². The summed E-state index contributed by atoms with van der Waals surface area (Å²) in [5.41, 5.74) is 2.39. The Kier molecular flexibility index (Phi) is 5.99. The summed E-state index contributed by atoms with van der Waals surface area (Å²) in [6.07, 6.45) is -3.27. The molecule has 0 saturated heterocycles. The van der Waals surface area contributed by atoms with E-state index in [0.29, 0.717) is 11.4 Å². The molecule has 0 unspecified atom stereocenters. The molecule has 0 aliphatic rings. The monoisotopic (exact) mass is 351 g/mol. The van der Waals surface area contributed by atoms with Gasteiger partial charge in [-0.15, -0.1) is 0 Å². The van der Waals surface area contributed by atoms with Crippen LogP contribution in [0.4, 0.5) is 18.9 Å². The van der Waals surface area contributed by atoms with E-state index >= 15 is 0 Å². The number of hydrogen-bond acceptors (Lipinski definition) is 4. The Morgan fingerprint density at radius 1 is 1.20 bits per heavy atom. The van der Waals surface area contributed by atoms with Gasteiger partial charge in [0.05, 0.1) is 25.4 Å². The van der Waals surface area contributed by atoms with Crippen LogP contribution in [-0.2, 0) is 11.0 Å². The van der Waals surface area contributed by atoms with Gasteiger partial charge < -0.3 is 10.1 Å². The molecule has 1 amide bonds. The van der Waals surface area contributed by atoms with Gasteiger partial charge in [0.1, 0.15) is 5.75 Å². The Morgan fingerprint density at radius 3 is 2.68 bits per heavy atom. The Bertz CT molecular complexity index is 761. The predicted molar refractivity (Wildman–Crippen MR) is 88.7 cm³/mol. The van der Waals surface area contributed by atoms with Crippen molar-refractivity contribution in [1.82, 2.24) is 5.43 Å². The van der Waals surface area contributed by atoms with E-state index in [1.165, 1.54) is 19.2 Å². The summed E-state index contributed by atoms with van der Waals surface area (Å²) >= 11 is 0. The van der Waals surface area contributed by atoms with Gasteiger partial charge in [-0.05, 0) is 29.8 Å². The molecule has 0 saturated carbocycles. The second-order valence-electron chi connectivity index (χ2n) is 5.00. The number of halogens is 3. The highest BCUT2D eigenvalue weighted by Gasteiger charge is 2.30. The third kappa shape index (κ3) is 5.83. The molecule has 0 radical (unpaired) electrons. The van der Waals surface area contributed by atoms with Gasteiger partial charge >= 0.3 is 6.18 Å². The van der Waals surface area contributed by atoms with Gasteiger partial charge in [0.25, 0.3) is 5.91 Å². The highest BCUT2D eigenvalue weighted by molar-refractivity contribution is 5.84. The Balaban J connectivity index is 1.86. The van der Waals surface area contributed by atoms with Crippen LogP contribution in [0.2, 0.25) is 0 Å². The van der Waals surface area contributed by atoms with Crippen molar-refractivity contribution >= 4 is 17.8 Å². The fraction of sp³-hybridized carbons (Fsp3) is 0.176. The number of nitrogens with one attached hydrogen (secondary N) is 2. The molecule has 0 atom stereocenters. The lowest BCUT2D eigenvalue weighted by atomic mass is 10.1. The van der Waals surface area contributed by atoms with Crippen molar-refractivity contribution in [2.45, 2.75) is 6.18 Å². The quantitative estimate of drug-likeness (QED) is 0.620. The van der Waals surface area contributed by atoms with Crippen LogP contribution in [0.5, 0.6) is 5.75 Å². The molecule has 2 aromatic carbocycles. The molecule has 0 heterocycles. The predicted octanol–water partition coefficient (Wildman–Crippen LogP) is 3.28. The van der Waals surface area contributed by atoms with Crippen LogP contribution in [-0.4, -0.2) is 25.8 Å². The highest BCUT2D eigenvalue weighted by Crippen LogP contribution is 2.29. The van der Waals surface area contributed by atoms with Crippen molar-refractivity contribution in [3.63, 3.8) is 0 Å². The minimum absolute atomic E-state index is 0.0485. The molecule has 25 heavy (non-hydrogen) atoms. The van der Waals surface area contributed by atoms with E-state index in [4.69, 9.17) is 4.74 Å². The summed E-state index contributed by atoms with van der Waals surface area (Å²) in [7, 11) is 1.54. The molecule has 8 heteroatoms. The first-order valence-electron chi connectivity index (χ1n) is 7.25. The zero-order valence-electron chi connectivity index (χ0n) is 13.3. The summed E-state index contributed by atoms with van der Waals surface area (Å²) in [6, 6.07) is 11.7. The number of carbonyl (C=O) groups is 1. The van der Waals surface area contributed by atoms with Crippen molar-refractivity contribution in [1.29, 1.82) is 0 Å². The topological polar surface area (TPSA) is 62.7 Å². The average molecular weight is 351 g/mol. The third-order valence-corrected chi connectivity index (χ3v) is 3.14. The minimum Gasteiger partial charge on any atom is -0.497 e. The van der Waals surface area contributed by atoms with Gasteiger partial charge in [-0.25, -0.2) is 5.43 Å². The SMILES string of the molecule is COc1cccc(NCC(=O)N/N=C\c2cccc(C(F)(F)F)c2)c1. The highest BCUT2D eigenvalue weighted by atomic mass is 19.4. The van der Waals surface area contributed by atoms with Crippen LogP contribution in [0.15, 0.2) is 53.6 Å². The molecule has 2 aromatic rings. The minimum atomic E-state index is -4.42. The molecule has 2 N–H and O–H groups in total. The number of methoxy groups -OCH3 is 1. The number of hydrogen-bond donors (Lipinski definition) is 2. The van der Waals surface area contributed by atoms with Crippen molar-refractivity contribution in [3.8, 4) is 5.75 Å². The fourth-order valence-corrected chi connectivity index (χ4v) is 1.93.